The summed E-state index contributed by atoms with van der Waals surface area (Å²) in [4.78, 5) is 16.2. The maximum absolute atomic E-state index is 12.1. The molecular formula is C14H15NOS. The fourth-order valence-corrected chi connectivity index (χ4v) is 2.50. The Labute approximate surface area is 105 Å². The van der Waals surface area contributed by atoms with E-state index in [1.54, 1.807) is 24.2 Å². The van der Waals surface area contributed by atoms with Crippen LogP contribution in [0.5, 0.6) is 0 Å². The van der Waals surface area contributed by atoms with Gasteiger partial charge in [0.25, 0.3) is 0 Å². The molecule has 0 saturated carbocycles. The van der Waals surface area contributed by atoms with Gasteiger partial charge >= 0.3 is 0 Å². The third kappa shape index (κ3) is 2.86. The van der Waals surface area contributed by atoms with Crippen LogP contribution in [-0.4, -0.2) is 22.3 Å². The van der Waals surface area contributed by atoms with Crippen LogP contribution in [0.4, 0.5) is 0 Å². The van der Waals surface area contributed by atoms with Crippen LogP contribution < -0.4 is 0 Å². The lowest BCUT2D eigenvalue weighted by molar-refractivity contribution is 0.102. The van der Waals surface area contributed by atoms with Crippen LogP contribution in [0.2, 0.25) is 0 Å². The molecule has 2 nitrogen and oxygen atoms in total. The second kappa shape index (κ2) is 5.82. The van der Waals surface area contributed by atoms with Gasteiger partial charge in [0.1, 0.15) is 0 Å². The zero-order valence-electron chi connectivity index (χ0n) is 9.85. The highest BCUT2D eigenvalue weighted by Gasteiger charge is 2.09. The molecule has 0 radical (unpaired) electrons. The number of hydrogen-bond acceptors (Lipinski definition) is 3. The van der Waals surface area contributed by atoms with Gasteiger partial charge in [-0.3, -0.25) is 9.78 Å². The van der Waals surface area contributed by atoms with Crippen molar-refractivity contribution in [2.45, 2.75) is 13.3 Å². The van der Waals surface area contributed by atoms with Gasteiger partial charge in [0.2, 0.25) is 0 Å². The first-order chi connectivity index (χ1) is 8.33. The van der Waals surface area contributed by atoms with Crippen LogP contribution in [0.3, 0.4) is 0 Å². The van der Waals surface area contributed by atoms with Gasteiger partial charge in [-0.05, 0) is 17.6 Å². The van der Waals surface area contributed by atoms with E-state index in [2.05, 4.69) is 11.9 Å². The number of rotatable bonds is 5. The van der Waals surface area contributed by atoms with Crippen molar-refractivity contribution >= 4 is 28.3 Å². The molecule has 0 fully saturated rings. The molecular weight excluding hydrogens is 230 g/mol. The van der Waals surface area contributed by atoms with Crippen molar-refractivity contribution in [3.05, 3.63) is 42.2 Å². The minimum atomic E-state index is 0.174. The van der Waals surface area contributed by atoms with Crippen molar-refractivity contribution < 1.29 is 4.79 Å². The Morgan fingerprint density at radius 2 is 2.12 bits per heavy atom. The Bertz CT molecular complexity index is 519. The Morgan fingerprint density at radius 3 is 2.94 bits per heavy atom. The Morgan fingerprint density at radius 1 is 1.29 bits per heavy atom. The average molecular weight is 245 g/mol. The van der Waals surface area contributed by atoms with Crippen molar-refractivity contribution in [3.63, 3.8) is 0 Å². The van der Waals surface area contributed by atoms with E-state index in [4.69, 9.17) is 0 Å². The minimum Gasteiger partial charge on any atom is -0.293 e. The van der Waals surface area contributed by atoms with Gasteiger partial charge < -0.3 is 0 Å². The maximum Gasteiger partial charge on any atom is 0.174 e. The number of benzene rings is 1. The molecule has 2 rings (SSSR count). The largest absolute Gasteiger partial charge is 0.293 e. The van der Waals surface area contributed by atoms with Crippen LogP contribution in [0, 0.1) is 0 Å². The maximum atomic E-state index is 12.1. The minimum absolute atomic E-state index is 0.174. The predicted octanol–water partition coefficient (Wildman–Crippen LogP) is 3.56. The predicted molar refractivity (Wildman–Crippen MR) is 73.7 cm³/mol. The molecule has 88 valence electrons. The Balaban J connectivity index is 2.26. The number of fused-ring (bicyclic) bond motifs is 1. The van der Waals surface area contributed by atoms with E-state index in [-0.39, 0.29) is 5.78 Å². The normalized spacial score (nSPS) is 10.6. The van der Waals surface area contributed by atoms with Crippen molar-refractivity contribution in [1.82, 2.24) is 4.98 Å². The first-order valence-corrected chi connectivity index (χ1v) is 6.92. The Kier molecular flexibility index (Phi) is 4.15. The molecule has 0 amide bonds. The summed E-state index contributed by atoms with van der Waals surface area (Å²) in [5.74, 6) is 1.75. The van der Waals surface area contributed by atoms with Gasteiger partial charge in [0.15, 0.2) is 5.78 Å². The van der Waals surface area contributed by atoms with Crippen LogP contribution in [0.1, 0.15) is 23.7 Å². The van der Waals surface area contributed by atoms with Crippen molar-refractivity contribution in [2.75, 3.05) is 11.5 Å². The van der Waals surface area contributed by atoms with E-state index in [0.29, 0.717) is 5.75 Å². The van der Waals surface area contributed by atoms with Gasteiger partial charge in [0, 0.05) is 23.3 Å². The quantitative estimate of drug-likeness (QED) is 0.596. The van der Waals surface area contributed by atoms with Crippen LogP contribution in [0.25, 0.3) is 10.8 Å². The summed E-state index contributed by atoms with van der Waals surface area (Å²) >= 11 is 1.69. The van der Waals surface area contributed by atoms with Crippen molar-refractivity contribution in [1.29, 1.82) is 0 Å². The molecule has 0 saturated heterocycles. The number of thioether (sulfide) groups is 1. The van der Waals surface area contributed by atoms with E-state index in [9.17, 15) is 4.79 Å². The third-order valence-electron chi connectivity index (χ3n) is 2.55. The highest BCUT2D eigenvalue weighted by molar-refractivity contribution is 7.99. The second-order valence-corrected chi connectivity index (χ2v) is 4.99. The number of hydrogen-bond donors (Lipinski definition) is 0. The molecule has 3 heteroatoms. The SMILES string of the molecule is CCCSCC(=O)c1cncc2ccccc12. The molecule has 0 spiro atoms. The molecule has 0 unspecified atom stereocenters. The van der Waals surface area contributed by atoms with Gasteiger partial charge in [-0.1, -0.05) is 31.2 Å². The highest BCUT2D eigenvalue weighted by Crippen LogP contribution is 2.18. The smallest absolute Gasteiger partial charge is 0.174 e. The Hall–Kier alpha value is -1.35. The fraction of sp³-hybridized carbons (Fsp3) is 0.286. The van der Waals surface area contributed by atoms with Crippen LogP contribution >= 0.6 is 11.8 Å². The molecule has 0 aliphatic heterocycles. The number of Topliss-reactive ketones (excluding diaryl/α,β-unsaturated/α-hetero) is 1. The molecule has 0 aliphatic rings. The van der Waals surface area contributed by atoms with Crippen molar-refractivity contribution in [2.24, 2.45) is 0 Å². The summed E-state index contributed by atoms with van der Waals surface area (Å²) in [6.45, 7) is 2.12. The lowest BCUT2D eigenvalue weighted by atomic mass is 10.1. The number of aromatic nitrogens is 1. The summed E-state index contributed by atoms with van der Waals surface area (Å²) in [6, 6.07) is 7.88. The number of pyridine rings is 1. The van der Waals surface area contributed by atoms with E-state index in [0.717, 1.165) is 28.5 Å². The molecule has 0 N–H and O–H groups in total. The van der Waals surface area contributed by atoms with E-state index in [1.165, 1.54) is 0 Å². The van der Waals surface area contributed by atoms with E-state index < -0.39 is 0 Å². The molecule has 0 atom stereocenters. The molecule has 1 aromatic heterocycles. The lowest BCUT2D eigenvalue weighted by Crippen LogP contribution is -2.04. The monoisotopic (exact) mass is 245 g/mol. The topological polar surface area (TPSA) is 30.0 Å². The van der Waals surface area contributed by atoms with E-state index >= 15 is 0 Å². The van der Waals surface area contributed by atoms with Gasteiger partial charge in [0.05, 0.1) is 5.75 Å². The summed E-state index contributed by atoms with van der Waals surface area (Å²) in [6.07, 6.45) is 4.58. The summed E-state index contributed by atoms with van der Waals surface area (Å²) in [5.41, 5.74) is 0.742. The van der Waals surface area contributed by atoms with Gasteiger partial charge in [-0.2, -0.15) is 11.8 Å². The molecule has 0 bridgehead atoms. The molecule has 2 aromatic rings. The summed E-state index contributed by atoms with van der Waals surface area (Å²) in [7, 11) is 0. The van der Waals surface area contributed by atoms with E-state index in [1.807, 2.05) is 24.3 Å². The first kappa shape index (κ1) is 12.1. The number of carbonyl (C=O) groups is 1. The standard InChI is InChI=1S/C14H15NOS/c1-2-7-17-10-14(16)13-9-15-8-11-5-3-4-6-12(11)13/h3-6,8-9H,2,7,10H2,1H3. The number of nitrogens with zero attached hydrogens (tertiary/aromatic N) is 1. The van der Waals surface area contributed by atoms with Crippen LogP contribution in [0.15, 0.2) is 36.7 Å². The zero-order valence-corrected chi connectivity index (χ0v) is 10.7. The molecule has 1 heterocycles. The summed E-state index contributed by atoms with van der Waals surface area (Å²) < 4.78 is 0. The van der Waals surface area contributed by atoms with Gasteiger partial charge in [-0.15, -0.1) is 0 Å². The zero-order chi connectivity index (χ0) is 12.1. The molecule has 17 heavy (non-hydrogen) atoms. The van der Waals surface area contributed by atoms with Gasteiger partial charge in [-0.25, -0.2) is 0 Å². The van der Waals surface area contributed by atoms with Crippen LogP contribution in [-0.2, 0) is 0 Å². The molecule has 1 aromatic carbocycles. The number of carbonyl (C=O) groups excluding carboxylic acids is 1. The first-order valence-electron chi connectivity index (χ1n) is 5.76. The highest BCUT2D eigenvalue weighted by atomic mass is 32.2. The van der Waals surface area contributed by atoms with Crippen molar-refractivity contribution in [3.8, 4) is 0 Å². The summed E-state index contributed by atoms with van der Waals surface area (Å²) in [5, 5.41) is 2.03. The molecule has 0 aliphatic carbocycles. The third-order valence-corrected chi connectivity index (χ3v) is 3.71. The second-order valence-electron chi connectivity index (χ2n) is 3.88. The number of ketones is 1. The lowest BCUT2D eigenvalue weighted by Gasteiger charge is -2.04. The fourth-order valence-electron chi connectivity index (χ4n) is 1.73. The average Bonchev–Trinajstić information content (AvgIpc) is 2.38.